The molecule has 2 aromatic heterocycles. The second kappa shape index (κ2) is 10.7. The van der Waals surface area contributed by atoms with E-state index in [0.29, 0.717) is 17.4 Å². The minimum Gasteiger partial charge on any atom is -0.467 e. The summed E-state index contributed by atoms with van der Waals surface area (Å²) in [5.41, 5.74) is 0.486. The van der Waals surface area contributed by atoms with Crippen molar-refractivity contribution in [2.24, 2.45) is 0 Å². The van der Waals surface area contributed by atoms with Gasteiger partial charge in [-0.15, -0.1) is 10.2 Å². The number of nitrogens with one attached hydrogen (secondary N) is 1. The van der Waals surface area contributed by atoms with Gasteiger partial charge in [0.2, 0.25) is 11.9 Å². The molecule has 1 aliphatic heterocycles. The molecule has 1 unspecified atom stereocenters. The van der Waals surface area contributed by atoms with Gasteiger partial charge in [-0.3, -0.25) is 9.36 Å². The fourth-order valence-electron chi connectivity index (χ4n) is 3.57. The number of anilines is 2. The van der Waals surface area contributed by atoms with Crippen LogP contribution in [0, 0.1) is 0 Å². The summed E-state index contributed by atoms with van der Waals surface area (Å²) in [6, 6.07) is 9.52. The number of halogens is 2. The maximum absolute atomic E-state index is 12.7. The monoisotopic (exact) mass is 477 g/mol. The van der Waals surface area contributed by atoms with Crippen molar-refractivity contribution < 1.29 is 22.7 Å². The van der Waals surface area contributed by atoms with E-state index in [2.05, 4.69) is 25.2 Å². The fourth-order valence-corrected chi connectivity index (χ4v) is 4.41. The lowest BCUT2D eigenvalue weighted by atomic mass is 10.1. The summed E-state index contributed by atoms with van der Waals surface area (Å²) in [5, 5.41) is 11.7. The van der Waals surface area contributed by atoms with Crippen LogP contribution in [-0.4, -0.2) is 45.6 Å². The highest BCUT2D eigenvalue weighted by atomic mass is 32.2. The van der Waals surface area contributed by atoms with E-state index in [-0.39, 0.29) is 11.7 Å². The van der Waals surface area contributed by atoms with E-state index >= 15 is 0 Å². The minimum absolute atomic E-state index is 0.0293. The van der Waals surface area contributed by atoms with Gasteiger partial charge in [-0.25, -0.2) is 0 Å². The third-order valence-corrected chi connectivity index (χ3v) is 6.31. The number of alkyl halides is 2. The zero-order valence-electron chi connectivity index (χ0n) is 18.1. The van der Waals surface area contributed by atoms with Crippen molar-refractivity contribution in [2.45, 2.75) is 49.7 Å². The largest absolute Gasteiger partial charge is 0.467 e. The highest BCUT2D eigenvalue weighted by Gasteiger charge is 2.24. The molecule has 1 aliphatic rings. The molecule has 0 aliphatic carbocycles. The molecule has 0 radical (unpaired) electrons. The number of thioether (sulfide) groups is 1. The molecule has 4 rings (SSSR count). The van der Waals surface area contributed by atoms with Crippen LogP contribution >= 0.6 is 11.8 Å². The first kappa shape index (κ1) is 23.1. The van der Waals surface area contributed by atoms with Gasteiger partial charge in [-0.05, 0) is 62.6 Å². The predicted octanol–water partition coefficient (Wildman–Crippen LogP) is 4.63. The summed E-state index contributed by atoms with van der Waals surface area (Å²) in [5.74, 6) is 1.34. The quantitative estimate of drug-likeness (QED) is 0.450. The van der Waals surface area contributed by atoms with E-state index in [0.717, 1.165) is 37.6 Å². The van der Waals surface area contributed by atoms with Crippen LogP contribution in [0.15, 0.2) is 52.2 Å². The third kappa shape index (κ3) is 6.04. The zero-order chi connectivity index (χ0) is 23.2. The molecule has 176 valence electrons. The van der Waals surface area contributed by atoms with Crippen molar-refractivity contribution in [2.75, 3.05) is 23.3 Å². The van der Waals surface area contributed by atoms with E-state index in [1.807, 2.05) is 16.7 Å². The van der Waals surface area contributed by atoms with Gasteiger partial charge in [0.1, 0.15) is 11.5 Å². The number of carbonyl (C=O) groups excluding carboxylic acids is 1. The molecule has 1 N–H and O–H groups in total. The average molecular weight is 478 g/mol. The van der Waals surface area contributed by atoms with Crippen LogP contribution in [0.5, 0.6) is 5.75 Å². The van der Waals surface area contributed by atoms with Crippen molar-refractivity contribution in [1.29, 1.82) is 0 Å². The molecule has 1 aromatic carbocycles. The number of ether oxygens (including phenoxy) is 1. The van der Waals surface area contributed by atoms with Crippen LogP contribution in [0.25, 0.3) is 0 Å². The molecule has 3 aromatic rings. The second-order valence-corrected chi connectivity index (χ2v) is 8.96. The summed E-state index contributed by atoms with van der Waals surface area (Å²) < 4.78 is 36.4. The molecule has 3 heterocycles. The summed E-state index contributed by atoms with van der Waals surface area (Å²) in [4.78, 5) is 15.0. The van der Waals surface area contributed by atoms with Crippen molar-refractivity contribution in [1.82, 2.24) is 14.8 Å². The molecular weight excluding hydrogens is 452 g/mol. The number of aromatic nitrogens is 3. The van der Waals surface area contributed by atoms with Gasteiger partial charge in [0.15, 0.2) is 5.16 Å². The Morgan fingerprint density at radius 1 is 1.18 bits per heavy atom. The number of piperidine rings is 1. The lowest BCUT2D eigenvalue weighted by molar-refractivity contribution is -0.115. The van der Waals surface area contributed by atoms with Crippen molar-refractivity contribution in [3.05, 3.63) is 48.4 Å². The van der Waals surface area contributed by atoms with Gasteiger partial charge >= 0.3 is 6.61 Å². The van der Waals surface area contributed by atoms with Gasteiger partial charge in [0.25, 0.3) is 0 Å². The number of hydrogen-bond acceptors (Lipinski definition) is 7. The summed E-state index contributed by atoms with van der Waals surface area (Å²) in [7, 11) is 0. The summed E-state index contributed by atoms with van der Waals surface area (Å²) in [6.07, 6.45) is 5.05. The SMILES string of the molecule is CC(Sc1nnc(N2CCCCC2)n1Cc1ccco1)C(=O)Nc1ccc(OC(F)F)cc1. The molecule has 8 nitrogen and oxygen atoms in total. The standard InChI is InChI=1S/C22H25F2N5O3S/c1-15(19(30)25-16-7-9-17(10-8-16)32-20(23)24)33-22-27-26-21(28-11-3-2-4-12-28)29(22)14-18-6-5-13-31-18/h5-10,13,15,20H,2-4,11-12,14H2,1H3,(H,25,30). The number of carbonyl (C=O) groups is 1. The molecule has 11 heteroatoms. The zero-order valence-corrected chi connectivity index (χ0v) is 18.9. The van der Waals surface area contributed by atoms with Crippen molar-refractivity contribution in [3.63, 3.8) is 0 Å². The van der Waals surface area contributed by atoms with Crippen LogP contribution in [0.3, 0.4) is 0 Å². The Labute approximate surface area is 194 Å². The van der Waals surface area contributed by atoms with E-state index in [4.69, 9.17) is 4.42 Å². The molecular formula is C22H25F2N5O3S. The number of rotatable bonds is 9. The molecule has 0 saturated carbocycles. The molecule has 1 atom stereocenters. The Morgan fingerprint density at radius 2 is 1.94 bits per heavy atom. The lowest BCUT2D eigenvalue weighted by Gasteiger charge is -2.27. The Balaban J connectivity index is 1.45. The number of furan rings is 1. The first-order valence-corrected chi connectivity index (χ1v) is 11.6. The van der Waals surface area contributed by atoms with Gasteiger partial charge in [-0.1, -0.05) is 11.8 Å². The maximum atomic E-state index is 12.7. The van der Waals surface area contributed by atoms with Crippen molar-refractivity contribution >= 4 is 29.3 Å². The molecule has 1 saturated heterocycles. The Hall–Kier alpha value is -3.08. The number of hydrogen-bond donors (Lipinski definition) is 1. The highest BCUT2D eigenvalue weighted by molar-refractivity contribution is 8.00. The van der Waals surface area contributed by atoms with Gasteiger partial charge in [-0.2, -0.15) is 8.78 Å². The molecule has 0 bridgehead atoms. The Morgan fingerprint density at radius 3 is 2.61 bits per heavy atom. The van der Waals surface area contributed by atoms with Crippen LogP contribution in [0.4, 0.5) is 20.4 Å². The lowest BCUT2D eigenvalue weighted by Crippen LogP contribution is -2.32. The number of amides is 1. The topological polar surface area (TPSA) is 85.4 Å². The van der Waals surface area contributed by atoms with Crippen LogP contribution in [-0.2, 0) is 11.3 Å². The van der Waals surface area contributed by atoms with Gasteiger partial charge in [0.05, 0.1) is 18.1 Å². The molecule has 0 spiro atoms. The van der Waals surface area contributed by atoms with Crippen LogP contribution in [0.2, 0.25) is 0 Å². The van der Waals surface area contributed by atoms with Crippen LogP contribution < -0.4 is 15.0 Å². The van der Waals surface area contributed by atoms with Crippen LogP contribution in [0.1, 0.15) is 31.9 Å². The number of nitrogens with zero attached hydrogens (tertiary/aromatic N) is 4. The van der Waals surface area contributed by atoms with E-state index in [9.17, 15) is 13.6 Å². The molecule has 33 heavy (non-hydrogen) atoms. The smallest absolute Gasteiger partial charge is 0.387 e. The summed E-state index contributed by atoms with van der Waals surface area (Å²) >= 11 is 1.30. The first-order chi connectivity index (χ1) is 16.0. The normalized spacial score (nSPS) is 15.0. The maximum Gasteiger partial charge on any atom is 0.387 e. The fraction of sp³-hybridized carbons (Fsp3) is 0.409. The van der Waals surface area contributed by atoms with Crippen molar-refractivity contribution in [3.8, 4) is 5.75 Å². The second-order valence-electron chi connectivity index (χ2n) is 7.65. The average Bonchev–Trinajstić information content (AvgIpc) is 3.46. The first-order valence-electron chi connectivity index (χ1n) is 10.7. The van der Waals surface area contributed by atoms with Gasteiger partial charge in [0, 0.05) is 18.8 Å². The molecule has 1 fully saturated rings. The third-order valence-electron chi connectivity index (χ3n) is 5.23. The molecule has 1 amide bonds. The van der Waals surface area contributed by atoms with Gasteiger partial charge < -0.3 is 19.4 Å². The van der Waals surface area contributed by atoms with E-state index in [1.54, 1.807) is 13.2 Å². The van der Waals surface area contributed by atoms with E-state index in [1.165, 1.54) is 42.4 Å². The number of benzene rings is 1. The minimum atomic E-state index is -2.89. The predicted molar refractivity (Wildman–Crippen MR) is 121 cm³/mol. The summed E-state index contributed by atoms with van der Waals surface area (Å²) in [6.45, 7) is 1.19. The highest BCUT2D eigenvalue weighted by Crippen LogP contribution is 2.29. The van der Waals surface area contributed by atoms with E-state index < -0.39 is 11.9 Å². The Bertz CT molecular complexity index is 1040. The Kier molecular flexibility index (Phi) is 7.48.